The van der Waals surface area contributed by atoms with Crippen LogP contribution in [0.1, 0.15) is 41.8 Å². The second-order valence-electron chi connectivity index (χ2n) is 5.73. The molecule has 0 amide bonds. The second-order valence-corrected chi connectivity index (χ2v) is 7.30. The normalized spacial score (nSPS) is 12.5. The summed E-state index contributed by atoms with van der Waals surface area (Å²) in [5.74, 6) is 1.19. The highest BCUT2D eigenvalue weighted by molar-refractivity contribution is 7.15. The van der Waals surface area contributed by atoms with Gasteiger partial charge < -0.3 is 9.73 Å². The third kappa shape index (κ3) is 3.86. The van der Waals surface area contributed by atoms with E-state index in [-0.39, 0.29) is 6.04 Å². The quantitative estimate of drug-likeness (QED) is 0.657. The summed E-state index contributed by atoms with van der Waals surface area (Å²) in [5, 5.41) is 12.4. The summed E-state index contributed by atoms with van der Waals surface area (Å²) in [6, 6.07) is 10.1. The van der Waals surface area contributed by atoms with Crippen LogP contribution in [0, 0.1) is 6.92 Å². The Labute approximate surface area is 150 Å². The third-order valence-electron chi connectivity index (χ3n) is 3.95. The molecule has 0 saturated heterocycles. The van der Waals surface area contributed by atoms with E-state index >= 15 is 0 Å². The summed E-state index contributed by atoms with van der Waals surface area (Å²) in [7, 11) is 0. The fourth-order valence-electron chi connectivity index (χ4n) is 2.51. The van der Waals surface area contributed by atoms with Crippen molar-refractivity contribution in [3.8, 4) is 10.8 Å². The van der Waals surface area contributed by atoms with Crippen molar-refractivity contribution in [1.82, 2.24) is 15.5 Å². The molecule has 126 valence electrons. The van der Waals surface area contributed by atoms with Crippen LogP contribution in [0.3, 0.4) is 0 Å². The number of hydrogen-bond donors (Lipinski definition) is 1. The highest BCUT2D eigenvalue weighted by Crippen LogP contribution is 2.30. The lowest BCUT2D eigenvalue weighted by Gasteiger charge is -2.12. The van der Waals surface area contributed by atoms with Crippen LogP contribution in [0.5, 0.6) is 0 Å². The minimum Gasteiger partial charge on any atom is -0.419 e. The molecule has 4 nitrogen and oxygen atoms in total. The zero-order valence-corrected chi connectivity index (χ0v) is 15.5. The predicted octanol–water partition coefficient (Wildman–Crippen LogP) is 5.17. The number of halogens is 1. The van der Waals surface area contributed by atoms with Gasteiger partial charge >= 0.3 is 0 Å². The molecule has 0 radical (unpaired) electrons. The summed E-state index contributed by atoms with van der Waals surface area (Å²) in [6.45, 7) is 6.90. The smallest absolute Gasteiger partial charge is 0.257 e. The molecule has 0 aliphatic carbocycles. The molecule has 1 aromatic carbocycles. The van der Waals surface area contributed by atoms with Crippen LogP contribution >= 0.6 is 22.9 Å². The monoisotopic (exact) mass is 361 g/mol. The molecule has 1 unspecified atom stereocenters. The number of thiophene rings is 1. The Balaban J connectivity index is 1.64. The van der Waals surface area contributed by atoms with E-state index in [0.29, 0.717) is 18.3 Å². The van der Waals surface area contributed by atoms with Gasteiger partial charge in [0, 0.05) is 15.9 Å². The summed E-state index contributed by atoms with van der Waals surface area (Å²) in [6.07, 6.45) is 1.03. The number of aromatic nitrogens is 2. The van der Waals surface area contributed by atoms with Gasteiger partial charge in [0.1, 0.15) is 0 Å². The lowest BCUT2D eigenvalue weighted by atomic mass is 10.1. The number of nitrogens with zero attached hydrogens (tertiary/aromatic N) is 2. The van der Waals surface area contributed by atoms with Crippen molar-refractivity contribution in [2.24, 2.45) is 0 Å². The molecule has 0 fully saturated rings. The van der Waals surface area contributed by atoms with Crippen LogP contribution in [0.15, 0.2) is 34.7 Å². The van der Waals surface area contributed by atoms with Gasteiger partial charge in [-0.1, -0.05) is 30.7 Å². The average molecular weight is 362 g/mol. The Morgan fingerprint density at radius 1 is 1.25 bits per heavy atom. The SMILES string of the molecule is CCc1sc(-c2nnc(CNC(C)c3ccc(Cl)cc3)o2)cc1C. The molecule has 1 N–H and O–H groups in total. The summed E-state index contributed by atoms with van der Waals surface area (Å²) in [4.78, 5) is 2.40. The lowest BCUT2D eigenvalue weighted by Crippen LogP contribution is -2.18. The van der Waals surface area contributed by atoms with Crippen molar-refractivity contribution in [3.63, 3.8) is 0 Å². The Hall–Kier alpha value is -1.69. The molecule has 1 atom stereocenters. The number of rotatable bonds is 6. The first kappa shape index (κ1) is 17.1. The van der Waals surface area contributed by atoms with Crippen molar-refractivity contribution in [2.45, 2.75) is 39.8 Å². The largest absolute Gasteiger partial charge is 0.419 e. The maximum absolute atomic E-state index is 5.92. The lowest BCUT2D eigenvalue weighted by molar-refractivity contribution is 0.455. The number of nitrogens with one attached hydrogen (secondary N) is 1. The van der Waals surface area contributed by atoms with Gasteiger partial charge in [0.15, 0.2) is 0 Å². The maximum atomic E-state index is 5.92. The molecule has 3 aromatic rings. The van der Waals surface area contributed by atoms with Crippen LogP contribution in [0.2, 0.25) is 5.02 Å². The molecule has 0 aliphatic heterocycles. The zero-order chi connectivity index (χ0) is 17.1. The Kier molecular flexibility index (Phi) is 5.33. The van der Waals surface area contributed by atoms with Gasteiger partial charge in [0.2, 0.25) is 5.89 Å². The highest BCUT2D eigenvalue weighted by Gasteiger charge is 2.14. The molecule has 0 saturated carbocycles. The zero-order valence-electron chi connectivity index (χ0n) is 14.0. The van der Waals surface area contributed by atoms with Crippen LogP contribution in [0.4, 0.5) is 0 Å². The summed E-state index contributed by atoms with van der Waals surface area (Å²) < 4.78 is 5.79. The average Bonchev–Trinajstić information content (AvgIpc) is 3.19. The first-order valence-corrected chi connectivity index (χ1v) is 9.17. The van der Waals surface area contributed by atoms with E-state index in [1.54, 1.807) is 11.3 Å². The van der Waals surface area contributed by atoms with Crippen molar-refractivity contribution >= 4 is 22.9 Å². The molecule has 2 aromatic heterocycles. The molecular formula is C18H20ClN3OS. The van der Waals surface area contributed by atoms with E-state index in [0.717, 1.165) is 16.3 Å². The Morgan fingerprint density at radius 2 is 2.00 bits per heavy atom. The third-order valence-corrected chi connectivity index (χ3v) is 5.57. The topological polar surface area (TPSA) is 51.0 Å². The predicted molar refractivity (Wildman–Crippen MR) is 98.4 cm³/mol. The van der Waals surface area contributed by atoms with Gasteiger partial charge in [-0.3, -0.25) is 0 Å². The van der Waals surface area contributed by atoms with E-state index in [4.69, 9.17) is 16.0 Å². The molecule has 6 heteroatoms. The van der Waals surface area contributed by atoms with E-state index in [1.165, 1.54) is 16.0 Å². The number of benzene rings is 1. The molecule has 0 bridgehead atoms. The van der Waals surface area contributed by atoms with E-state index < -0.39 is 0 Å². The van der Waals surface area contributed by atoms with Gasteiger partial charge in [-0.2, -0.15) is 0 Å². The Morgan fingerprint density at radius 3 is 2.67 bits per heavy atom. The van der Waals surface area contributed by atoms with Crippen LogP contribution in [-0.2, 0) is 13.0 Å². The highest BCUT2D eigenvalue weighted by atomic mass is 35.5. The fourth-order valence-corrected chi connectivity index (χ4v) is 3.67. The molecule has 2 heterocycles. The van der Waals surface area contributed by atoms with Crippen LogP contribution in [0.25, 0.3) is 10.8 Å². The van der Waals surface area contributed by atoms with Gasteiger partial charge in [0.05, 0.1) is 11.4 Å². The van der Waals surface area contributed by atoms with Crippen molar-refractivity contribution in [1.29, 1.82) is 0 Å². The van der Waals surface area contributed by atoms with Crippen LogP contribution in [-0.4, -0.2) is 10.2 Å². The first-order valence-electron chi connectivity index (χ1n) is 7.97. The minimum absolute atomic E-state index is 0.174. The minimum atomic E-state index is 0.174. The number of aryl methyl sites for hydroxylation is 2. The van der Waals surface area contributed by atoms with E-state index in [2.05, 4.69) is 42.4 Å². The maximum Gasteiger partial charge on any atom is 0.257 e. The van der Waals surface area contributed by atoms with Gasteiger partial charge in [-0.25, -0.2) is 0 Å². The fraction of sp³-hybridized carbons (Fsp3) is 0.333. The summed E-state index contributed by atoms with van der Waals surface area (Å²) >= 11 is 7.64. The standard InChI is InChI=1S/C18H20ClN3OS/c1-4-15-11(2)9-16(24-15)18-22-21-17(23-18)10-20-12(3)13-5-7-14(19)8-6-13/h5-9,12,20H,4,10H2,1-3H3. The molecular weight excluding hydrogens is 342 g/mol. The van der Waals surface area contributed by atoms with Gasteiger partial charge in [-0.15, -0.1) is 21.5 Å². The molecule has 24 heavy (non-hydrogen) atoms. The van der Waals surface area contributed by atoms with E-state index in [1.807, 2.05) is 24.3 Å². The summed E-state index contributed by atoms with van der Waals surface area (Å²) in [5.41, 5.74) is 2.45. The van der Waals surface area contributed by atoms with Gasteiger partial charge in [-0.05, 0) is 49.6 Å². The van der Waals surface area contributed by atoms with Crippen LogP contribution < -0.4 is 5.32 Å². The number of hydrogen-bond acceptors (Lipinski definition) is 5. The van der Waals surface area contributed by atoms with Crippen molar-refractivity contribution in [3.05, 3.63) is 57.2 Å². The van der Waals surface area contributed by atoms with Crippen molar-refractivity contribution < 1.29 is 4.42 Å². The van der Waals surface area contributed by atoms with Crippen molar-refractivity contribution in [2.75, 3.05) is 0 Å². The molecule has 3 rings (SSSR count). The second kappa shape index (κ2) is 7.47. The molecule has 0 spiro atoms. The Bertz CT molecular complexity index is 810. The van der Waals surface area contributed by atoms with Gasteiger partial charge in [0.25, 0.3) is 5.89 Å². The molecule has 0 aliphatic rings. The first-order chi connectivity index (χ1) is 11.6. The van der Waals surface area contributed by atoms with E-state index in [9.17, 15) is 0 Å².